The molecule has 0 bridgehead atoms. The first-order chi connectivity index (χ1) is 12.0. The molecule has 0 aliphatic rings. The first-order valence-electron chi connectivity index (χ1n) is 7.20. The van der Waals surface area contributed by atoms with Crippen molar-refractivity contribution in [2.45, 2.75) is 10.6 Å². The highest BCUT2D eigenvalue weighted by Gasteiger charge is 2.17. The van der Waals surface area contributed by atoms with Gasteiger partial charge in [0.1, 0.15) is 9.96 Å². The van der Waals surface area contributed by atoms with Crippen LogP contribution in [0.2, 0.25) is 4.34 Å². The first-order valence-corrected chi connectivity index (χ1v) is 9.88. The minimum atomic E-state index is -3.59. The molecule has 10 heteroatoms. The number of nitrogens with one attached hydrogen (secondary N) is 1. The van der Waals surface area contributed by atoms with E-state index in [1.54, 1.807) is 19.2 Å². The van der Waals surface area contributed by atoms with Crippen LogP contribution in [0, 0.1) is 0 Å². The van der Waals surface area contributed by atoms with Crippen LogP contribution < -0.4 is 9.46 Å². The van der Waals surface area contributed by atoms with Crippen molar-refractivity contribution in [1.82, 2.24) is 14.9 Å². The predicted octanol–water partition coefficient (Wildman–Crippen LogP) is 2.98. The van der Waals surface area contributed by atoms with E-state index >= 15 is 0 Å². The monoisotopic (exact) mass is 399 g/mol. The largest absolute Gasteiger partial charge is 0.496 e. The molecule has 0 amide bonds. The van der Waals surface area contributed by atoms with Crippen LogP contribution >= 0.6 is 22.9 Å². The lowest BCUT2D eigenvalue weighted by Gasteiger charge is -2.03. The Bertz CT molecular complexity index is 969. The van der Waals surface area contributed by atoms with Crippen molar-refractivity contribution in [3.05, 3.63) is 46.6 Å². The van der Waals surface area contributed by atoms with Crippen LogP contribution in [0.1, 0.15) is 5.89 Å². The lowest BCUT2D eigenvalue weighted by Crippen LogP contribution is -2.25. The van der Waals surface area contributed by atoms with E-state index in [1.807, 2.05) is 12.1 Å². The van der Waals surface area contributed by atoms with Crippen molar-refractivity contribution in [1.29, 1.82) is 0 Å². The third-order valence-corrected chi connectivity index (χ3v) is 6.43. The van der Waals surface area contributed by atoms with Crippen LogP contribution in [0.4, 0.5) is 0 Å². The maximum Gasteiger partial charge on any atom is 0.251 e. The number of ether oxygens (including phenoxy) is 1. The molecule has 7 nitrogen and oxygen atoms in total. The fourth-order valence-corrected chi connectivity index (χ4v) is 4.65. The van der Waals surface area contributed by atoms with Gasteiger partial charge < -0.3 is 9.15 Å². The van der Waals surface area contributed by atoms with E-state index in [0.29, 0.717) is 27.4 Å². The fourth-order valence-electron chi connectivity index (χ4n) is 2.09. The summed E-state index contributed by atoms with van der Waals surface area (Å²) in [5.74, 6) is 1.26. The average molecular weight is 400 g/mol. The molecule has 3 aromatic rings. The molecule has 2 heterocycles. The number of methoxy groups -OCH3 is 1. The summed E-state index contributed by atoms with van der Waals surface area (Å²) < 4.78 is 38.1. The highest BCUT2D eigenvalue weighted by atomic mass is 35.5. The zero-order valence-electron chi connectivity index (χ0n) is 13.1. The Labute approximate surface area is 153 Å². The Kier molecular flexibility index (Phi) is 5.38. The molecule has 1 N–H and O–H groups in total. The Balaban J connectivity index is 1.64. The van der Waals surface area contributed by atoms with Crippen LogP contribution in [-0.4, -0.2) is 32.3 Å². The quantitative estimate of drug-likeness (QED) is 0.656. The summed E-state index contributed by atoms with van der Waals surface area (Å²) >= 11 is 6.76. The third kappa shape index (κ3) is 4.18. The zero-order valence-corrected chi connectivity index (χ0v) is 15.5. The lowest BCUT2D eigenvalue weighted by molar-refractivity contribution is 0.413. The molecule has 0 atom stereocenters. The molecule has 0 fully saturated rings. The van der Waals surface area contributed by atoms with Gasteiger partial charge in [0.2, 0.25) is 15.9 Å². The molecule has 2 aromatic heterocycles. The van der Waals surface area contributed by atoms with Gasteiger partial charge in [-0.2, -0.15) is 0 Å². The van der Waals surface area contributed by atoms with Crippen LogP contribution in [0.25, 0.3) is 11.5 Å². The summed E-state index contributed by atoms with van der Waals surface area (Å²) in [5.41, 5.74) is 0.678. The van der Waals surface area contributed by atoms with E-state index in [4.69, 9.17) is 20.8 Å². The molecule has 132 valence electrons. The van der Waals surface area contributed by atoms with Gasteiger partial charge in [-0.3, -0.25) is 0 Å². The van der Waals surface area contributed by atoms with E-state index in [-0.39, 0.29) is 17.2 Å². The number of nitrogens with zero attached hydrogens (tertiary/aromatic N) is 2. The van der Waals surface area contributed by atoms with Crippen molar-refractivity contribution >= 4 is 33.0 Å². The minimum Gasteiger partial charge on any atom is -0.496 e. The Morgan fingerprint density at radius 3 is 2.76 bits per heavy atom. The molecule has 3 rings (SSSR count). The van der Waals surface area contributed by atoms with Crippen molar-refractivity contribution < 1.29 is 17.6 Å². The Morgan fingerprint density at radius 2 is 2.04 bits per heavy atom. The van der Waals surface area contributed by atoms with Gasteiger partial charge >= 0.3 is 0 Å². The molecular weight excluding hydrogens is 386 g/mol. The number of halogens is 1. The van der Waals surface area contributed by atoms with Crippen LogP contribution in [0.15, 0.2) is 45.0 Å². The highest BCUT2D eigenvalue weighted by molar-refractivity contribution is 7.91. The second kappa shape index (κ2) is 7.52. The number of hydrogen-bond donors (Lipinski definition) is 1. The van der Waals surface area contributed by atoms with E-state index in [2.05, 4.69) is 14.9 Å². The maximum absolute atomic E-state index is 12.1. The molecule has 25 heavy (non-hydrogen) atoms. The first kappa shape index (κ1) is 17.9. The number of hydrogen-bond acceptors (Lipinski definition) is 7. The number of sulfonamides is 1. The van der Waals surface area contributed by atoms with Crippen molar-refractivity contribution in [2.75, 3.05) is 13.7 Å². The SMILES string of the molecule is COc1ccccc1-c1nnc(CCNS(=O)(=O)c2ccc(Cl)s2)o1. The minimum absolute atomic E-state index is 0.130. The summed E-state index contributed by atoms with van der Waals surface area (Å²) in [7, 11) is -2.03. The summed E-state index contributed by atoms with van der Waals surface area (Å²) in [5, 5.41) is 7.92. The summed E-state index contributed by atoms with van der Waals surface area (Å²) in [6.45, 7) is 0.130. The number of para-hydroxylation sites is 1. The summed E-state index contributed by atoms with van der Waals surface area (Å²) in [4.78, 5) is 0. The molecule has 0 saturated heterocycles. The Morgan fingerprint density at radius 1 is 1.24 bits per heavy atom. The summed E-state index contributed by atoms with van der Waals surface area (Å²) in [6.07, 6.45) is 0.264. The van der Waals surface area contributed by atoms with Crippen LogP contribution in [-0.2, 0) is 16.4 Å². The van der Waals surface area contributed by atoms with E-state index < -0.39 is 10.0 Å². The lowest BCUT2D eigenvalue weighted by atomic mass is 10.2. The number of rotatable bonds is 7. The van der Waals surface area contributed by atoms with Gasteiger partial charge in [0.15, 0.2) is 0 Å². The number of benzene rings is 1. The van der Waals surface area contributed by atoms with E-state index in [0.717, 1.165) is 11.3 Å². The van der Waals surface area contributed by atoms with E-state index in [1.165, 1.54) is 12.1 Å². The molecule has 0 saturated carbocycles. The van der Waals surface area contributed by atoms with Gasteiger partial charge in [-0.15, -0.1) is 21.5 Å². The molecule has 0 aliphatic heterocycles. The highest BCUT2D eigenvalue weighted by Crippen LogP contribution is 2.28. The topological polar surface area (TPSA) is 94.3 Å². The second-order valence-electron chi connectivity index (χ2n) is 4.91. The second-order valence-corrected chi connectivity index (χ2v) is 8.62. The van der Waals surface area contributed by atoms with Crippen molar-refractivity contribution in [3.63, 3.8) is 0 Å². The standard InChI is InChI=1S/C15H14ClN3O4S2/c1-22-11-5-3-2-4-10(11)15-19-18-13(23-15)8-9-17-25(20,21)14-7-6-12(16)24-14/h2-7,17H,8-9H2,1H3. The average Bonchev–Trinajstić information content (AvgIpc) is 3.24. The van der Waals surface area contributed by atoms with Gasteiger partial charge in [0.25, 0.3) is 5.89 Å². The van der Waals surface area contributed by atoms with Crippen molar-refractivity contribution in [3.8, 4) is 17.2 Å². The molecule has 0 spiro atoms. The van der Waals surface area contributed by atoms with Gasteiger partial charge in [0, 0.05) is 13.0 Å². The van der Waals surface area contributed by atoms with E-state index in [9.17, 15) is 8.42 Å². The normalized spacial score (nSPS) is 11.6. The molecule has 0 radical (unpaired) electrons. The van der Waals surface area contributed by atoms with Crippen LogP contribution in [0.5, 0.6) is 5.75 Å². The summed E-state index contributed by atoms with van der Waals surface area (Å²) in [6, 6.07) is 10.3. The van der Waals surface area contributed by atoms with Crippen molar-refractivity contribution in [2.24, 2.45) is 0 Å². The van der Waals surface area contributed by atoms with Gasteiger partial charge in [-0.1, -0.05) is 23.7 Å². The number of aromatic nitrogens is 2. The predicted molar refractivity (Wildman–Crippen MR) is 94.5 cm³/mol. The molecular formula is C15H14ClN3O4S2. The molecule has 0 unspecified atom stereocenters. The van der Waals surface area contributed by atoms with Gasteiger partial charge in [-0.25, -0.2) is 13.1 Å². The molecule has 1 aromatic carbocycles. The maximum atomic E-state index is 12.1. The molecule has 0 aliphatic carbocycles. The van der Waals surface area contributed by atoms with Gasteiger partial charge in [-0.05, 0) is 24.3 Å². The van der Waals surface area contributed by atoms with Crippen LogP contribution in [0.3, 0.4) is 0 Å². The van der Waals surface area contributed by atoms with Gasteiger partial charge in [0.05, 0.1) is 17.0 Å². The smallest absolute Gasteiger partial charge is 0.251 e. The third-order valence-electron chi connectivity index (χ3n) is 3.25. The zero-order chi connectivity index (χ0) is 17.9. The number of thiophene rings is 1. The Hall–Kier alpha value is -1.94. The fraction of sp³-hybridized carbons (Fsp3) is 0.200.